The summed E-state index contributed by atoms with van der Waals surface area (Å²) in [6.07, 6.45) is 0. The van der Waals surface area contributed by atoms with Crippen molar-refractivity contribution in [2.24, 2.45) is 0 Å². The lowest BCUT2D eigenvalue weighted by Crippen LogP contribution is -2.41. The molecule has 0 atom stereocenters. The Hall–Kier alpha value is -1.25. The zero-order valence-corrected chi connectivity index (χ0v) is 19.2. The maximum atomic E-state index is 11.4. The third-order valence-corrected chi connectivity index (χ3v) is 9.42. The maximum Gasteiger partial charge on any atom is 0.337 e. The number of esters is 1. The van der Waals surface area contributed by atoms with Crippen LogP contribution in [-0.4, -0.2) is 61.0 Å². The van der Waals surface area contributed by atoms with Gasteiger partial charge in [0, 0.05) is 0 Å². The van der Waals surface area contributed by atoms with Gasteiger partial charge in [0.1, 0.15) is 0 Å². The van der Waals surface area contributed by atoms with Gasteiger partial charge in [-0.3, -0.25) is 0 Å². The fourth-order valence-corrected chi connectivity index (χ4v) is 3.08. The van der Waals surface area contributed by atoms with Gasteiger partial charge < -0.3 is 23.4 Å². The molecule has 0 spiro atoms. The molecule has 0 saturated carbocycles. The van der Waals surface area contributed by atoms with E-state index in [1.165, 1.54) is 7.11 Å². The lowest BCUT2D eigenvalue weighted by atomic mass is 10.1. The van der Waals surface area contributed by atoms with E-state index in [0.717, 1.165) is 5.56 Å². The van der Waals surface area contributed by atoms with Gasteiger partial charge in [0.05, 0.1) is 58.9 Å². The zero-order chi connectivity index (χ0) is 21.0. The Balaban J connectivity index is 1.99. The molecule has 0 fully saturated rings. The molecule has 160 valence electrons. The summed E-state index contributed by atoms with van der Waals surface area (Å²) in [4.78, 5) is 11.4. The van der Waals surface area contributed by atoms with E-state index in [4.69, 9.17) is 18.6 Å². The number of methoxy groups -OCH3 is 1. The van der Waals surface area contributed by atoms with Crippen LogP contribution in [-0.2, 0) is 30.0 Å². The minimum Gasteiger partial charge on any atom is -0.465 e. The van der Waals surface area contributed by atoms with Crippen molar-refractivity contribution in [3.8, 4) is 0 Å². The second-order valence-electron chi connectivity index (χ2n) is 8.07. The molecule has 0 amide bonds. The van der Waals surface area contributed by atoms with Crippen LogP contribution < -0.4 is 0 Å². The third kappa shape index (κ3) is 9.30. The highest BCUT2D eigenvalue weighted by atomic mass is 28.4. The van der Waals surface area contributed by atoms with Gasteiger partial charge in [0.25, 0.3) is 0 Å². The van der Waals surface area contributed by atoms with Gasteiger partial charge in [-0.1, -0.05) is 32.9 Å². The molecule has 0 saturated heterocycles. The van der Waals surface area contributed by atoms with Crippen LogP contribution in [0.3, 0.4) is 0 Å². The molecular formula is C21H36O6Si. The molecule has 0 bridgehead atoms. The summed E-state index contributed by atoms with van der Waals surface area (Å²) in [6, 6.07) is 7.17. The molecule has 6 nitrogen and oxygen atoms in total. The van der Waals surface area contributed by atoms with Crippen molar-refractivity contribution in [1.82, 2.24) is 0 Å². The number of hydrogen-bond donors (Lipinski definition) is 0. The Bertz CT molecular complexity index is 565. The first-order valence-corrected chi connectivity index (χ1v) is 12.6. The van der Waals surface area contributed by atoms with Crippen LogP contribution in [0.1, 0.15) is 36.7 Å². The summed E-state index contributed by atoms with van der Waals surface area (Å²) in [7, 11) is -0.316. The van der Waals surface area contributed by atoms with Crippen LogP contribution in [0.4, 0.5) is 0 Å². The first kappa shape index (κ1) is 24.8. The van der Waals surface area contributed by atoms with E-state index in [2.05, 4.69) is 38.6 Å². The molecule has 1 aromatic rings. The largest absolute Gasteiger partial charge is 0.465 e. The summed E-state index contributed by atoms with van der Waals surface area (Å²) in [5, 5.41) is 0.222. The number of hydrogen-bond acceptors (Lipinski definition) is 6. The number of rotatable bonds is 13. The lowest BCUT2D eigenvalue weighted by Gasteiger charge is -2.36. The first-order valence-electron chi connectivity index (χ1n) is 9.72. The normalized spacial score (nSPS) is 12.2. The number of carbonyl (C=O) groups excluding carboxylic acids is 1. The molecule has 1 aromatic carbocycles. The summed E-state index contributed by atoms with van der Waals surface area (Å²) >= 11 is 0. The Morgan fingerprint density at radius 3 is 1.86 bits per heavy atom. The Kier molecular flexibility index (Phi) is 10.9. The molecule has 0 aliphatic carbocycles. The van der Waals surface area contributed by atoms with Crippen molar-refractivity contribution in [3.63, 3.8) is 0 Å². The van der Waals surface area contributed by atoms with Crippen molar-refractivity contribution in [2.75, 3.05) is 46.8 Å². The topological polar surface area (TPSA) is 63.2 Å². The molecule has 28 heavy (non-hydrogen) atoms. The van der Waals surface area contributed by atoms with Gasteiger partial charge in [-0.05, 0) is 35.8 Å². The fraction of sp³-hybridized carbons (Fsp3) is 0.667. The van der Waals surface area contributed by atoms with Gasteiger partial charge in [-0.15, -0.1) is 0 Å². The van der Waals surface area contributed by atoms with Gasteiger partial charge in [0.15, 0.2) is 8.32 Å². The van der Waals surface area contributed by atoms with E-state index < -0.39 is 8.32 Å². The van der Waals surface area contributed by atoms with Gasteiger partial charge in [-0.25, -0.2) is 4.79 Å². The SMILES string of the molecule is COC(=O)c1ccc(COCCOCCOCCO[Si](C)(C)C(C)(C)C)cc1. The molecule has 0 heterocycles. The molecular weight excluding hydrogens is 376 g/mol. The molecule has 1 rings (SSSR count). The number of benzene rings is 1. The summed E-state index contributed by atoms with van der Waals surface area (Å²) in [5.74, 6) is -0.338. The highest BCUT2D eigenvalue weighted by Crippen LogP contribution is 2.36. The third-order valence-electron chi connectivity index (χ3n) is 4.88. The number of carbonyl (C=O) groups is 1. The minimum atomic E-state index is -1.68. The monoisotopic (exact) mass is 412 g/mol. The second kappa shape index (κ2) is 12.3. The molecule has 7 heteroatoms. The minimum absolute atomic E-state index is 0.222. The Labute approximate surface area is 170 Å². The van der Waals surface area contributed by atoms with Gasteiger partial charge in [-0.2, -0.15) is 0 Å². The van der Waals surface area contributed by atoms with E-state index in [1.54, 1.807) is 12.1 Å². The predicted molar refractivity (Wildman–Crippen MR) is 112 cm³/mol. The summed E-state index contributed by atoms with van der Waals surface area (Å²) in [5.41, 5.74) is 1.53. The molecule has 0 radical (unpaired) electrons. The van der Waals surface area contributed by atoms with Gasteiger partial charge >= 0.3 is 5.97 Å². The Morgan fingerprint density at radius 1 is 0.857 bits per heavy atom. The van der Waals surface area contributed by atoms with Gasteiger partial charge in [0.2, 0.25) is 0 Å². The van der Waals surface area contributed by atoms with Crippen LogP contribution in [0.15, 0.2) is 24.3 Å². The molecule has 0 aromatic heterocycles. The van der Waals surface area contributed by atoms with Crippen LogP contribution >= 0.6 is 0 Å². The zero-order valence-electron chi connectivity index (χ0n) is 18.2. The van der Waals surface area contributed by atoms with Crippen LogP contribution in [0.5, 0.6) is 0 Å². The highest BCUT2D eigenvalue weighted by Gasteiger charge is 2.36. The molecule has 0 aliphatic heterocycles. The van der Waals surface area contributed by atoms with Crippen LogP contribution in [0.25, 0.3) is 0 Å². The maximum absolute atomic E-state index is 11.4. The fourth-order valence-electron chi connectivity index (χ4n) is 2.06. The summed E-state index contributed by atoms with van der Waals surface area (Å²) in [6.45, 7) is 15.0. The lowest BCUT2D eigenvalue weighted by molar-refractivity contribution is 0.00525. The first-order chi connectivity index (χ1) is 13.2. The summed E-state index contributed by atoms with van der Waals surface area (Å²) < 4.78 is 27.3. The van der Waals surface area contributed by atoms with Crippen LogP contribution in [0.2, 0.25) is 18.1 Å². The molecule has 0 N–H and O–H groups in total. The smallest absolute Gasteiger partial charge is 0.337 e. The molecule has 0 unspecified atom stereocenters. The van der Waals surface area contributed by atoms with Crippen molar-refractivity contribution in [1.29, 1.82) is 0 Å². The predicted octanol–water partition coefficient (Wildman–Crippen LogP) is 4.04. The number of ether oxygens (including phenoxy) is 4. The van der Waals surface area contributed by atoms with E-state index in [-0.39, 0.29) is 11.0 Å². The average molecular weight is 413 g/mol. The van der Waals surface area contributed by atoms with E-state index in [9.17, 15) is 4.79 Å². The van der Waals surface area contributed by atoms with Crippen molar-refractivity contribution < 1.29 is 28.2 Å². The Morgan fingerprint density at radius 2 is 1.36 bits per heavy atom. The van der Waals surface area contributed by atoms with E-state index >= 15 is 0 Å². The van der Waals surface area contributed by atoms with E-state index in [0.29, 0.717) is 51.8 Å². The van der Waals surface area contributed by atoms with Crippen molar-refractivity contribution in [2.45, 2.75) is 45.5 Å². The quantitative estimate of drug-likeness (QED) is 0.277. The standard InChI is InChI=1S/C21H36O6Si/c1-21(2,3)28(5,6)27-16-15-25-12-11-24-13-14-26-17-18-7-9-19(10-8-18)20(22)23-4/h7-10H,11-17H2,1-6H3. The highest BCUT2D eigenvalue weighted by molar-refractivity contribution is 6.74. The van der Waals surface area contributed by atoms with Crippen molar-refractivity contribution in [3.05, 3.63) is 35.4 Å². The van der Waals surface area contributed by atoms with Crippen LogP contribution in [0, 0.1) is 0 Å². The van der Waals surface area contributed by atoms with E-state index in [1.807, 2.05) is 12.1 Å². The average Bonchev–Trinajstić information content (AvgIpc) is 2.65. The second-order valence-corrected chi connectivity index (χ2v) is 12.9. The van der Waals surface area contributed by atoms with Crippen molar-refractivity contribution >= 4 is 14.3 Å². The molecule has 0 aliphatic rings.